The fourth-order valence-electron chi connectivity index (χ4n) is 0.720. The van der Waals surface area contributed by atoms with E-state index in [4.69, 9.17) is 14.2 Å². The van der Waals surface area contributed by atoms with Crippen molar-refractivity contribution in [3.63, 3.8) is 0 Å². The maximum absolute atomic E-state index is 10.9. The molecule has 8 heteroatoms. The first-order chi connectivity index (χ1) is 7.19. The fourth-order valence-corrected chi connectivity index (χ4v) is 2.57. The van der Waals surface area contributed by atoms with E-state index >= 15 is 0 Å². The standard InChI is InChI=1S/C7H11IN2O5/c1-12-4-8-5(15-7(11)14-3)10-6(9-4)13-2/h5H,1-3H3,(H,9,10). The number of nitrogens with one attached hydrogen (secondary N) is 1. The average molecular weight is 330 g/mol. The lowest BCUT2D eigenvalue weighted by atomic mass is 10.9. The topological polar surface area (TPSA) is 78.4 Å². The number of halogens is 1. The minimum Gasteiger partial charge on any atom is -0.468 e. The molecule has 1 N–H and O–H groups in total. The Morgan fingerprint density at radius 2 is 2.13 bits per heavy atom. The molecule has 0 aromatic rings. The molecular formula is C7H11IN2O5. The van der Waals surface area contributed by atoms with Gasteiger partial charge in [-0.3, -0.25) is 5.32 Å². The second-order valence-corrected chi connectivity index (χ2v) is 4.88. The van der Waals surface area contributed by atoms with Crippen LogP contribution in [-0.2, 0) is 18.9 Å². The van der Waals surface area contributed by atoms with Crippen molar-refractivity contribution in [1.82, 2.24) is 5.32 Å². The molecule has 0 bridgehead atoms. The van der Waals surface area contributed by atoms with Gasteiger partial charge < -0.3 is 18.9 Å². The molecule has 1 aliphatic rings. The summed E-state index contributed by atoms with van der Waals surface area (Å²) in [5.74, 6) is 0. The second kappa shape index (κ2) is 5.85. The van der Waals surface area contributed by atoms with E-state index in [2.05, 4.69) is 15.0 Å². The molecule has 1 aliphatic heterocycles. The lowest BCUT2D eigenvalue weighted by Gasteiger charge is -2.18. The average Bonchev–Trinajstić information content (AvgIpc) is 2.28. The van der Waals surface area contributed by atoms with Crippen LogP contribution in [0, 0.1) is 0 Å². The van der Waals surface area contributed by atoms with Crippen LogP contribution in [0.15, 0.2) is 4.99 Å². The first-order valence-corrected chi connectivity index (χ1v) is 6.19. The van der Waals surface area contributed by atoms with Crippen molar-refractivity contribution >= 4 is 36.7 Å². The van der Waals surface area contributed by atoms with Gasteiger partial charge in [0.05, 0.1) is 14.2 Å². The number of aliphatic imine (C=N–C) groups is 1. The van der Waals surface area contributed by atoms with E-state index in [1.807, 2.05) is 0 Å². The first-order valence-electron chi connectivity index (χ1n) is 3.87. The molecule has 0 saturated carbocycles. The van der Waals surface area contributed by atoms with Gasteiger partial charge in [-0.1, -0.05) is 0 Å². The van der Waals surface area contributed by atoms with Crippen LogP contribution in [0.25, 0.3) is 0 Å². The maximum atomic E-state index is 10.9. The zero-order valence-electron chi connectivity index (χ0n) is 8.44. The normalized spacial score (nSPS) is 20.1. The summed E-state index contributed by atoms with van der Waals surface area (Å²) in [4.78, 5) is 14.9. The number of carbonyl (C=O) groups excluding carboxylic acids is 1. The predicted octanol–water partition coefficient (Wildman–Crippen LogP) is 0.363. The number of carbonyl (C=O) groups is 1. The van der Waals surface area contributed by atoms with Gasteiger partial charge in [0.15, 0.2) is 3.82 Å². The van der Waals surface area contributed by atoms with Crippen LogP contribution in [0.3, 0.4) is 0 Å². The Bertz CT molecular complexity index is 284. The number of hydrogen-bond donors (Lipinski definition) is 1. The van der Waals surface area contributed by atoms with Crippen LogP contribution in [-0.4, -0.2) is 41.6 Å². The monoisotopic (exact) mass is 330 g/mol. The Kier molecular flexibility index (Phi) is 4.75. The molecule has 0 aromatic heterocycles. The van der Waals surface area contributed by atoms with Crippen LogP contribution in [0.4, 0.5) is 4.79 Å². The molecule has 7 nitrogen and oxygen atoms in total. The molecule has 0 aromatic carbocycles. The maximum Gasteiger partial charge on any atom is 0.510 e. The van der Waals surface area contributed by atoms with Crippen molar-refractivity contribution in [2.75, 3.05) is 21.3 Å². The summed E-state index contributed by atoms with van der Waals surface area (Å²) in [5.41, 5.74) is 0. The number of alkyl halides is 1. The Labute approximate surface area is 96.5 Å². The van der Waals surface area contributed by atoms with Crippen LogP contribution in [0.1, 0.15) is 0 Å². The molecule has 1 rings (SSSR count). The SMILES string of the molecule is COC(=O)OC1N=C(OC)NC(OC)=I1. The van der Waals surface area contributed by atoms with Gasteiger partial charge in [-0.2, -0.15) is 4.99 Å². The van der Waals surface area contributed by atoms with Crippen LogP contribution in [0.2, 0.25) is 0 Å². The number of methoxy groups -OCH3 is 3. The summed E-state index contributed by atoms with van der Waals surface area (Å²) in [6, 6.07) is 0.256. The van der Waals surface area contributed by atoms with Crippen LogP contribution in [0.5, 0.6) is 0 Å². The van der Waals surface area contributed by atoms with Gasteiger partial charge in [-0.25, -0.2) is 4.79 Å². The summed E-state index contributed by atoms with van der Waals surface area (Å²) in [5, 5.41) is 2.81. The van der Waals surface area contributed by atoms with Crippen molar-refractivity contribution in [2.45, 2.75) is 4.23 Å². The molecule has 0 amide bonds. The summed E-state index contributed by atoms with van der Waals surface area (Å²) in [6.07, 6.45) is -0.767. The zero-order chi connectivity index (χ0) is 11.3. The highest BCUT2D eigenvalue weighted by molar-refractivity contribution is 14.2. The smallest absolute Gasteiger partial charge is 0.468 e. The minimum atomic E-state index is -0.767. The number of nitrogens with zero attached hydrogens (tertiary/aromatic N) is 1. The van der Waals surface area contributed by atoms with Crippen LogP contribution >= 0.6 is 20.7 Å². The Hall–Kier alpha value is -0.900. The molecule has 1 heterocycles. The third-order valence-corrected chi connectivity index (χ3v) is 3.69. The second-order valence-electron chi connectivity index (χ2n) is 2.21. The summed E-state index contributed by atoms with van der Waals surface area (Å²) < 4.78 is 19.2. The highest BCUT2D eigenvalue weighted by Crippen LogP contribution is 2.18. The molecule has 1 atom stereocenters. The van der Waals surface area contributed by atoms with Gasteiger partial charge in [0.1, 0.15) is 0 Å². The summed E-state index contributed by atoms with van der Waals surface area (Å²) in [6.45, 7) is 0. The highest BCUT2D eigenvalue weighted by Gasteiger charge is 2.20. The van der Waals surface area contributed by atoms with E-state index in [-0.39, 0.29) is 6.02 Å². The van der Waals surface area contributed by atoms with E-state index in [0.29, 0.717) is 3.82 Å². The first kappa shape index (κ1) is 12.2. The van der Waals surface area contributed by atoms with Gasteiger partial charge >= 0.3 is 6.16 Å². The summed E-state index contributed by atoms with van der Waals surface area (Å²) >= 11 is -0.697. The van der Waals surface area contributed by atoms with Crippen molar-refractivity contribution in [1.29, 1.82) is 0 Å². The fraction of sp³-hybridized carbons (Fsp3) is 0.571. The van der Waals surface area contributed by atoms with Gasteiger partial charge in [0, 0.05) is 27.8 Å². The van der Waals surface area contributed by atoms with E-state index < -0.39 is 31.1 Å². The van der Waals surface area contributed by atoms with Crippen molar-refractivity contribution < 1.29 is 23.7 Å². The van der Waals surface area contributed by atoms with E-state index in [0.717, 1.165) is 0 Å². The molecule has 1 unspecified atom stereocenters. The molecule has 0 radical (unpaired) electrons. The third kappa shape index (κ3) is 3.63. The predicted molar refractivity (Wildman–Crippen MR) is 60.9 cm³/mol. The van der Waals surface area contributed by atoms with Crippen LogP contribution < -0.4 is 5.32 Å². The quantitative estimate of drug-likeness (QED) is 0.341. The molecule has 0 saturated heterocycles. The number of hydrogen-bond acceptors (Lipinski definition) is 7. The van der Waals surface area contributed by atoms with Crippen molar-refractivity contribution in [3.8, 4) is 0 Å². The lowest BCUT2D eigenvalue weighted by Crippen LogP contribution is -2.36. The van der Waals surface area contributed by atoms with E-state index in [1.165, 1.54) is 21.3 Å². The summed E-state index contributed by atoms with van der Waals surface area (Å²) in [7, 11) is 4.22. The Balaban J connectivity index is 2.68. The highest BCUT2D eigenvalue weighted by atomic mass is 127. The molecule has 0 aliphatic carbocycles. The van der Waals surface area contributed by atoms with Gasteiger partial charge in [-0.05, 0) is 0 Å². The molecule has 86 valence electrons. The number of ether oxygens (including phenoxy) is 4. The Morgan fingerprint density at radius 3 is 2.67 bits per heavy atom. The van der Waals surface area contributed by atoms with Crippen molar-refractivity contribution in [3.05, 3.63) is 0 Å². The Morgan fingerprint density at radius 1 is 1.40 bits per heavy atom. The van der Waals surface area contributed by atoms with Gasteiger partial charge in [0.25, 0.3) is 10.3 Å². The molecule has 0 fully saturated rings. The molecular weight excluding hydrogens is 319 g/mol. The minimum absolute atomic E-state index is 0.256. The molecule has 15 heavy (non-hydrogen) atoms. The number of rotatable bonds is 2. The zero-order valence-corrected chi connectivity index (χ0v) is 10.6. The third-order valence-electron chi connectivity index (χ3n) is 1.35. The molecule has 0 spiro atoms. The van der Waals surface area contributed by atoms with Crippen molar-refractivity contribution in [2.24, 2.45) is 4.99 Å². The van der Waals surface area contributed by atoms with Gasteiger partial charge in [0.2, 0.25) is 0 Å². The van der Waals surface area contributed by atoms with E-state index in [9.17, 15) is 4.79 Å². The largest absolute Gasteiger partial charge is 0.510 e. The number of amidine groups is 1. The van der Waals surface area contributed by atoms with E-state index in [1.54, 1.807) is 0 Å². The van der Waals surface area contributed by atoms with Gasteiger partial charge in [-0.15, -0.1) is 0 Å². The lowest BCUT2D eigenvalue weighted by molar-refractivity contribution is 0.0697.